The van der Waals surface area contributed by atoms with Crippen LogP contribution in [0.2, 0.25) is 0 Å². The second-order valence-electron chi connectivity index (χ2n) is 6.31. The second kappa shape index (κ2) is 6.08. The molecule has 1 aromatic carbocycles. The van der Waals surface area contributed by atoms with Gasteiger partial charge in [-0.05, 0) is 38.8 Å². The number of hydrogen-bond acceptors (Lipinski definition) is 3. The summed E-state index contributed by atoms with van der Waals surface area (Å²) in [5.74, 6) is 1.43. The third kappa shape index (κ3) is 2.61. The first-order valence-corrected chi connectivity index (χ1v) is 8.06. The summed E-state index contributed by atoms with van der Waals surface area (Å²) in [5, 5.41) is 0. The zero-order chi connectivity index (χ0) is 15.7. The van der Waals surface area contributed by atoms with Crippen molar-refractivity contribution in [3.8, 4) is 0 Å². The van der Waals surface area contributed by atoms with Crippen LogP contribution in [-0.2, 0) is 4.79 Å². The first-order chi connectivity index (χ1) is 10.6. The van der Waals surface area contributed by atoms with Crippen LogP contribution in [0, 0.1) is 0 Å². The third-order valence-electron chi connectivity index (χ3n) is 4.45. The first-order valence-electron chi connectivity index (χ1n) is 8.06. The van der Waals surface area contributed by atoms with Crippen LogP contribution in [0.25, 0.3) is 11.0 Å². The number of piperidine rings is 1. The monoisotopic (exact) mass is 300 g/mol. The molecular formula is C17H24N4O. The molecule has 1 saturated heterocycles. The summed E-state index contributed by atoms with van der Waals surface area (Å²) >= 11 is 0. The predicted molar refractivity (Wildman–Crippen MR) is 87.7 cm³/mol. The van der Waals surface area contributed by atoms with Crippen molar-refractivity contribution in [1.29, 1.82) is 0 Å². The van der Waals surface area contributed by atoms with E-state index in [2.05, 4.69) is 36.6 Å². The maximum absolute atomic E-state index is 11.9. The normalized spacial score (nSPS) is 19.1. The lowest BCUT2D eigenvalue weighted by atomic mass is 9.96. The molecule has 1 amide bonds. The highest BCUT2D eigenvalue weighted by atomic mass is 16.2. The van der Waals surface area contributed by atoms with Gasteiger partial charge in [0.15, 0.2) is 0 Å². The van der Waals surface area contributed by atoms with Crippen LogP contribution in [0.3, 0.4) is 0 Å². The molecule has 5 nitrogen and oxygen atoms in total. The number of nitrogens with zero attached hydrogens (tertiary/aromatic N) is 3. The largest absolute Gasteiger partial charge is 0.341 e. The number of para-hydroxylation sites is 2. The highest BCUT2D eigenvalue weighted by Gasteiger charge is 2.28. The molecular weight excluding hydrogens is 276 g/mol. The lowest BCUT2D eigenvalue weighted by Crippen LogP contribution is -2.42. The fourth-order valence-corrected chi connectivity index (χ4v) is 3.44. The van der Waals surface area contributed by atoms with Crippen LogP contribution < -0.4 is 5.73 Å². The Morgan fingerprint density at radius 1 is 1.41 bits per heavy atom. The lowest BCUT2D eigenvalue weighted by Gasteiger charge is -2.33. The molecule has 1 atom stereocenters. The van der Waals surface area contributed by atoms with Crippen LogP contribution in [0.5, 0.6) is 0 Å². The smallest absolute Gasteiger partial charge is 0.236 e. The molecule has 0 radical (unpaired) electrons. The van der Waals surface area contributed by atoms with Gasteiger partial charge in [0, 0.05) is 25.0 Å². The topological polar surface area (TPSA) is 64.2 Å². The molecule has 22 heavy (non-hydrogen) atoms. The van der Waals surface area contributed by atoms with E-state index in [-0.39, 0.29) is 12.5 Å². The van der Waals surface area contributed by atoms with E-state index in [4.69, 9.17) is 10.7 Å². The number of hydrogen-bond donors (Lipinski definition) is 1. The number of carbonyl (C=O) groups is 1. The number of rotatable bonds is 3. The van der Waals surface area contributed by atoms with Crippen LogP contribution >= 0.6 is 0 Å². The fraction of sp³-hybridized carbons (Fsp3) is 0.529. The van der Waals surface area contributed by atoms with Crippen molar-refractivity contribution >= 4 is 16.9 Å². The van der Waals surface area contributed by atoms with Gasteiger partial charge in [-0.15, -0.1) is 0 Å². The zero-order valence-electron chi connectivity index (χ0n) is 13.3. The Morgan fingerprint density at radius 2 is 2.18 bits per heavy atom. The maximum atomic E-state index is 11.9. The van der Waals surface area contributed by atoms with Gasteiger partial charge >= 0.3 is 0 Å². The van der Waals surface area contributed by atoms with Gasteiger partial charge in [0.05, 0.1) is 17.6 Å². The Balaban J connectivity index is 1.98. The highest BCUT2D eigenvalue weighted by Crippen LogP contribution is 2.31. The van der Waals surface area contributed by atoms with Crippen molar-refractivity contribution in [2.45, 2.75) is 38.6 Å². The minimum Gasteiger partial charge on any atom is -0.341 e. The van der Waals surface area contributed by atoms with Gasteiger partial charge in [0.2, 0.25) is 5.91 Å². The summed E-state index contributed by atoms with van der Waals surface area (Å²) in [6, 6.07) is 8.61. The average Bonchev–Trinajstić information content (AvgIpc) is 2.94. The molecule has 1 aromatic heterocycles. The van der Waals surface area contributed by atoms with Crippen molar-refractivity contribution in [3.63, 3.8) is 0 Å². The van der Waals surface area contributed by atoms with E-state index in [1.54, 1.807) is 0 Å². The van der Waals surface area contributed by atoms with Gasteiger partial charge in [0.25, 0.3) is 0 Å². The van der Waals surface area contributed by atoms with E-state index >= 15 is 0 Å². The average molecular weight is 300 g/mol. The number of benzene rings is 1. The summed E-state index contributed by atoms with van der Waals surface area (Å²) in [4.78, 5) is 18.7. The molecule has 0 unspecified atom stereocenters. The quantitative estimate of drug-likeness (QED) is 0.946. The third-order valence-corrected chi connectivity index (χ3v) is 4.45. The molecule has 0 bridgehead atoms. The Kier molecular flexibility index (Phi) is 4.16. The van der Waals surface area contributed by atoms with E-state index in [1.807, 2.05) is 11.0 Å². The number of likely N-dealkylation sites (tertiary alicyclic amines) is 1. The summed E-state index contributed by atoms with van der Waals surface area (Å²) in [6.45, 7) is 6.00. The second-order valence-corrected chi connectivity index (χ2v) is 6.31. The molecule has 1 aliphatic heterocycles. The molecule has 1 aliphatic rings. The summed E-state index contributed by atoms with van der Waals surface area (Å²) in [7, 11) is 0. The standard InChI is InChI=1S/C17H24N4O/c1-12(2)21-15-8-4-3-7-14(15)19-17(21)13-6-5-9-20(11-13)16(22)10-18/h3-4,7-8,12-13H,5-6,9-11,18H2,1-2H3/t13-/m0/s1. The summed E-state index contributed by atoms with van der Waals surface area (Å²) < 4.78 is 2.32. The molecule has 0 spiro atoms. The van der Waals surface area contributed by atoms with Gasteiger partial charge in [-0.3, -0.25) is 4.79 Å². The van der Waals surface area contributed by atoms with E-state index in [9.17, 15) is 4.79 Å². The minimum atomic E-state index is 0.0388. The van der Waals surface area contributed by atoms with Gasteiger partial charge in [-0.25, -0.2) is 4.98 Å². The first kappa shape index (κ1) is 15.0. The van der Waals surface area contributed by atoms with Crippen LogP contribution in [0.4, 0.5) is 0 Å². The molecule has 1 fully saturated rings. The van der Waals surface area contributed by atoms with Crippen LogP contribution in [-0.4, -0.2) is 40.0 Å². The van der Waals surface area contributed by atoms with Gasteiger partial charge in [-0.2, -0.15) is 0 Å². The molecule has 2 heterocycles. The van der Waals surface area contributed by atoms with Gasteiger partial charge < -0.3 is 15.2 Å². The van der Waals surface area contributed by atoms with Crippen molar-refractivity contribution in [1.82, 2.24) is 14.5 Å². The van der Waals surface area contributed by atoms with Crippen molar-refractivity contribution < 1.29 is 4.79 Å². The number of amides is 1. The number of carbonyl (C=O) groups excluding carboxylic acids is 1. The predicted octanol–water partition coefficient (Wildman–Crippen LogP) is 2.28. The van der Waals surface area contributed by atoms with Gasteiger partial charge in [-0.1, -0.05) is 12.1 Å². The molecule has 3 rings (SSSR count). The lowest BCUT2D eigenvalue weighted by molar-refractivity contribution is -0.130. The van der Waals surface area contributed by atoms with E-state index < -0.39 is 0 Å². The van der Waals surface area contributed by atoms with Crippen molar-refractivity contribution in [2.24, 2.45) is 5.73 Å². The molecule has 2 aromatic rings. The Hall–Kier alpha value is -1.88. The maximum Gasteiger partial charge on any atom is 0.236 e. The highest BCUT2D eigenvalue weighted by molar-refractivity contribution is 5.78. The number of nitrogens with two attached hydrogens (primary N) is 1. The van der Waals surface area contributed by atoms with Gasteiger partial charge in [0.1, 0.15) is 5.82 Å². The number of fused-ring (bicyclic) bond motifs is 1. The number of aromatic nitrogens is 2. The zero-order valence-corrected chi connectivity index (χ0v) is 13.3. The van der Waals surface area contributed by atoms with E-state index in [0.717, 1.165) is 37.3 Å². The SMILES string of the molecule is CC(C)n1c([C@H]2CCCN(C(=O)CN)C2)nc2ccccc21. The molecule has 0 saturated carbocycles. The minimum absolute atomic E-state index is 0.0388. The van der Waals surface area contributed by atoms with E-state index in [0.29, 0.717) is 12.0 Å². The van der Waals surface area contributed by atoms with Crippen LogP contribution in [0.15, 0.2) is 24.3 Å². The molecule has 118 valence electrons. The fourth-order valence-electron chi connectivity index (χ4n) is 3.44. The van der Waals surface area contributed by atoms with E-state index in [1.165, 1.54) is 5.52 Å². The summed E-state index contributed by atoms with van der Waals surface area (Å²) in [6.07, 6.45) is 2.09. The number of imidazole rings is 1. The Bertz CT molecular complexity index is 676. The van der Waals surface area contributed by atoms with Crippen molar-refractivity contribution in [3.05, 3.63) is 30.1 Å². The summed E-state index contributed by atoms with van der Waals surface area (Å²) in [5.41, 5.74) is 7.73. The molecule has 5 heteroatoms. The molecule has 0 aliphatic carbocycles. The molecule has 2 N–H and O–H groups in total. The van der Waals surface area contributed by atoms with Crippen LogP contribution in [0.1, 0.15) is 44.5 Å². The van der Waals surface area contributed by atoms with Crippen molar-refractivity contribution in [2.75, 3.05) is 19.6 Å². The Labute approximate surface area is 131 Å². The Morgan fingerprint density at radius 3 is 2.91 bits per heavy atom.